The first-order chi connectivity index (χ1) is 11.9. The molecule has 1 N–H and O–H groups in total. The number of hydrogen-bond donors (Lipinski definition) is 1. The fraction of sp³-hybridized carbons (Fsp3) is 0.611. The van der Waals surface area contributed by atoms with E-state index in [2.05, 4.69) is 5.32 Å². The lowest BCUT2D eigenvalue weighted by Gasteiger charge is -2.32. The topological polar surface area (TPSA) is 75.7 Å². The van der Waals surface area contributed by atoms with Gasteiger partial charge in [0, 0.05) is 19.1 Å². The maximum atomic E-state index is 12.9. The van der Waals surface area contributed by atoms with Gasteiger partial charge in [-0.2, -0.15) is 4.31 Å². The van der Waals surface area contributed by atoms with Crippen LogP contribution in [-0.4, -0.2) is 51.5 Å². The largest absolute Gasteiger partial charge is 0.465 e. The summed E-state index contributed by atoms with van der Waals surface area (Å²) in [6.45, 7) is 3.84. The van der Waals surface area contributed by atoms with Crippen LogP contribution in [0.2, 0.25) is 0 Å². The Morgan fingerprint density at radius 3 is 2.42 bits per heavy atom. The molecule has 1 aliphatic carbocycles. The second-order valence-electron chi connectivity index (χ2n) is 7.00. The number of rotatable bonds is 6. The van der Waals surface area contributed by atoms with Crippen LogP contribution in [0, 0.1) is 12.8 Å². The summed E-state index contributed by atoms with van der Waals surface area (Å²) in [7, 11) is -2.21. The van der Waals surface area contributed by atoms with Gasteiger partial charge in [0.1, 0.15) is 0 Å². The van der Waals surface area contributed by atoms with Gasteiger partial charge in [-0.3, -0.25) is 0 Å². The van der Waals surface area contributed by atoms with Crippen molar-refractivity contribution in [3.63, 3.8) is 0 Å². The van der Waals surface area contributed by atoms with E-state index in [1.165, 1.54) is 32.1 Å². The highest BCUT2D eigenvalue weighted by atomic mass is 35.5. The molecule has 0 atom stereocenters. The van der Waals surface area contributed by atoms with Crippen LogP contribution in [0.5, 0.6) is 0 Å². The van der Waals surface area contributed by atoms with Gasteiger partial charge in [-0.15, -0.1) is 12.4 Å². The van der Waals surface area contributed by atoms with Crippen LogP contribution in [-0.2, 0) is 14.8 Å². The summed E-state index contributed by atoms with van der Waals surface area (Å²) in [5.41, 5.74) is 0.998. The Kier molecular flexibility index (Phi) is 7.07. The molecule has 1 aliphatic heterocycles. The Bertz CT molecular complexity index is 742. The summed E-state index contributed by atoms with van der Waals surface area (Å²) >= 11 is 0. The third-order valence-electron chi connectivity index (χ3n) is 5.09. The molecule has 2 fully saturated rings. The Hall–Kier alpha value is -1.15. The molecule has 1 heterocycles. The zero-order chi connectivity index (χ0) is 18.0. The number of hydrogen-bond acceptors (Lipinski definition) is 5. The van der Waals surface area contributed by atoms with Crippen molar-refractivity contribution in [3.8, 4) is 0 Å². The molecule has 6 nitrogen and oxygen atoms in total. The van der Waals surface area contributed by atoms with E-state index in [-0.39, 0.29) is 17.3 Å². The number of nitrogens with zero attached hydrogens (tertiary/aromatic N) is 1. The maximum Gasteiger partial charge on any atom is 0.338 e. The first-order valence-electron chi connectivity index (χ1n) is 8.84. The third-order valence-corrected chi connectivity index (χ3v) is 6.98. The second kappa shape index (κ2) is 8.69. The Balaban J connectivity index is 0.00000243. The molecule has 1 aromatic carbocycles. The Morgan fingerprint density at radius 1 is 1.23 bits per heavy atom. The first kappa shape index (κ1) is 21.2. The van der Waals surface area contributed by atoms with Gasteiger partial charge in [-0.25, -0.2) is 13.2 Å². The van der Waals surface area contributed by atoms with Crippen molar-refractivity contribution >= 4 is 28.4 Å². The molecular weight excluding hydrogens is 376 g/mol. The number of nitrogens with one attached hydrogen (secondary N) is 1. The number of methoxy groups -OCH3 is 1. The molecule has 1 saturated carbocycles. The van der Waals surface area contributed by atoms with Gasteiger partial charge in [0.25, 0.3) is 0 Å². The number of carbonyl (C=O) groups is 1. The monoisotopic (exact) mass is 402 g/mol. The molecule has 0 aromatic heterocycles. The van der Waals surface area contributed by atoms with Crippen molar-refractivity contribution in [3.05, 3.63) is 29.3 Å². The highest BCUT2D eigenvalue weighted by Gasteiger charge is 2.30. The predicted molar refractivity (Wildman–Crippen MR) is 102 cm³/mol. The number of esters is 1. The zero-order valence-corrected chi connectivity index (χ0v) is 16.9. The van der Waals surface area contributed by atoms with E-state index in [1.54, 1.807) is 17.3 Å². The van der Waals surface area contributed by atoms with Gasteiger partial charge >= 0.3 is 5.97 Å². The Labute approximate surface area is 161 Å². The summed E-state index contributed by atoms with van der Waals surface area (Å²) in [5.74, 6) is 0.377. The molecule has 1 aromatic rings. The van der Waals surface area contributed by atoms with Crippen molar-refractivity contribution in [1.29, 1.82) is 0 Å². The van der Waals surface area contributed by atoms with Crippen LogP contribution < -0.4 is 5.32 Å². The number of aryl methyl sites for hydroxylation is 1. The molecule has 0 bridgehead atoms. The molecule has 2 aliphatic rings. The van der Waals surface area contributed by atoms with Crippen molar-refractivity contribution in [2.75, 3.05) is 26.7 Å². The predicted octanol–water partition coefficient (Wildman–Crippen LogP) is 2.36. The highest BCUT2D eigenvalue weighted by Crippen LogP contribution is 2.28. The number of carbonyl (C=O) groups excluding carboxylic acids is 1. The molecular formula is C18H27ClN2O4S. The van der Waals surface area contributed by atoms with E-state index < -0.39 is 16.0 Å². The standard InChI is InChI=1S/C18H26N2O4S.ClH/c1-13-11-16(5-6-17(13)18(21)24-2)25(22,23)20-9-7-15(8-10-20)19-12-14-3-4-14;/h5-6,11,14-15,19H,3-4,7-10,12H2,1-2H3;1H. The Morgan fingerprint density at radius 2 is 1.88 bits per heavy atom. The summed E-state index contributed by atoms with van der Waals surface area (Å²) in [6, 6.07) is 4.98. The second-order valence-corrected chi connectivity index (χ2v) is 8.94. The van der Waals surface area contributed by atoms with Gasteiger partial charge in [-0.1, -0.05) is 0 Å². The summed E-state index contributed by atoms with van der Waals surface area (Å²) in [4.78, 5) is 11.9. The lowest BCUT2D eigenvalue weighted by Crippen LogP contribution is -2.45. The molecule has 146 valence electrons. The van der Waals surface area contributed by atoms with E-state index in [0.29, 0.717) is 30.3 Å². The van der Waals surface area contributed by atoms with Crippen molar-refractivity contribution in [2.24, 2.45) is 5.92 Å². The number of ether oxygens (including phenoxy) is 1. The zero-order valence-electron chi connectivity index (χ0n) is 15.2. The molecule has 0 unspecified atom stereocenters. The third kappa shape index (κ3) is 4.76. The average molecular weight is 403 g/mol. The minimum Gasteiger partial charge on any atom is -0.465 e. The molecule has 8 heteroatoms. The fourth-order valence-corrected chi connectivity index (χ4v) is 4.80. The number of piperidine rings is 1. The minimum absolute atomic E-state index is 0. The number of sulfonamides is 1. The van der Waals surface area contributed by atoms with Crippen LogP contribution in [0.3, 0.4) is 0 Å². The van der Waals surface area contributed by atoms with Crippen molar-refractivity contribution in [2.45, 2.75) is 43.5 Å². The summed E-state index contributed by atoms with van der Waals surface area (Å²) in [5, 5.41) is 3.56. The van der Waals surface area contributed by atoms with E-state index in [1.807, 2.05) is 0 Å². The van der Waals surface area contributed by atoms with Crippen molar-refractivity contribution < 1.29 is 17.9 Å². The number of halogens is 1. The highest BCUT2D eigenvalue weighted by molar-refractivity contribution is 7.89. The molecule has 0 radical (unpaired) electrons. The molecule has 0 amide bonds. The van der Waals surface area contributed by atoms with Crippen molar-refractivity contribution in [1.82, 2.24) is 9.62 Å². The molecule has 26 heavy (non-hydrogen) atoms. The lowest BCUT2D eigenvalue weighted by molar-refractivity contribution is 0.0600. The molecule has 0 spiro atoms. The lowest BCUT2D eigenvalue weighted by atomic mass is 10.1. The summed E-state index contributed by atoms with van der Waals surface area (Å²) < 4.78 is 32.0. The van der Waals surface area contributed by atoms with Crippen LogP contribution >= 0.6 is 12.4 Å². The van der Waals surface area contributed by atoms with Crippen LogP contribution in [0.25, 0.3) is 0 Å². The minimum atomic E-state index is -3.52. The molecule has 3 rings (SSSR count). The maximum absolute atomic E-state index is 12.9. The first-order valence-corrected chi connectivity index (χ1v) is 10.3. The van der Waals surface area contributed by atoms with E-state index >= 15 is 0 Å². The van der Waals surface area contributed by atoms with Gasteiger partial charge < -0.3 is 10.1 Å². The smallest absolute Gasteiger partial charge is 0.338 e. The van der Waals surface area contributed by atoms with Crippen LogP contribution in [0.1, 0.15) is 41.6 Å². The van der Waals surface area contributed by atoms with Gasteiger partial charge in [0.15, 0.2) is 0 Å². The van der Waals surface area contributed by atoms with Crippen LogP contribution in [0.4, 0.5) is 0 Å². The van der Waals surface area contributed by atoms with E-state index in [9.17, 15) is 13.2 Å². The van der Waals surface area contributed by atoms with Gasteiger partial charge in [-0.05, 0) is 68.8 Å². The van der Waals surface area contributed by atoms with Crippen LogP contribution in [0.15, 0.2) is 23.1 Å². The van der Waals surface area contributed by atoms with Gasteiger partial charge in [0.05, 0.1) is 17.6 Å². The van der Waals surface area contributed by atoms with Gasteiger partial charge in [0.2, 0.25) is 10.0 Å². The van der Waals surface area contributed by atoms with E-state index in [4.69, 9.17) is 4.74 Å². The number of benzene rings is 1. The normalized spacial score (nSPS) is 19.0. The fourth-order valence-electron chi connectivity index (χ4n) is 3.24. The molecule has 1 saturated heterocycles. The SMILES string of the molecule is COC(=O)c1ccc(S(=O)(=O)N2CCC(NCC3CC3)CC2)cc1C.Cl. The van der Waals surface area contributed by atoms with E-state index in [0.717, 1.165) is 25.3 Å². The summed E-state index contributed by atoms with van der Waals surface area (Å²) in [6.07, 6.45) is 4.32. The quantitative estimate of drug-likeness (QED) is 0.739. The average Bonchev–Trinajstić information content (AvgIpc) is 3.44.